The van der Waals surface area contributed by atoms with Gasteiger partial charge in [0.25, 0.3) is 5.91 Å². The Bertz CT molecular complexity index is 467. The number of nitrogens with zero attached hydrogens (tertiary/aromatic N) is 4. The molecule has 0 spiro atoms. The molecule has 0 aromatic carbocycles. The maximum Gasteiger partial charge on any atom is 0.274 e. The second-order valence-electron chi connectivity index (χ2n) is 5.63. The average molecular weight is 294 g/mol. The van der Waals surface area contributed by atoms with Crippen LogP contribution < -0.4 is 0 Å². The van der Waals surface area contributed by atoms with E-state index in [-0.39, 0.29) is 5.91 Å². The van der Waals surface area contributed by atoms with E-state index in [9.17, 15) is 4.79 Å². The quantitative estimate of drug-likeness (QED) is 0.758. The average Bonchev–Trinajstić information content (AvgIpc) is 2.80. The fourth-order valence-corrected chi connectivity index (χ4v) is 2.67. The maximum atomic E-state index is 12.5. The molecule has 1 aromatic rings. The SMILES string of the molecule is CCOCCN1CCN(C(=O)c2cc(C)n(C)n2)C[C@H]1C. The lowest BCUT2D eigenvalue weighted by molar-refractivity contribution is 0.0388. The standard InChI is InChI=1S/C15H26N4O2/c1-5-21-9-8-18-6-7-19(11-13(18)3)15(20)14-10-12(2)17(4)16-14/h10,13H,5-9,11H2,1-4H3/t13-/m1/s1. The van der Waals surface area contributed by atoms with Crippen molar-refractivity contribution >= 4 is 5.91 Å². The molecule has 21 heavy (non-hydrogen) atoms. The van der Waals surface area contributed by atoms with Crippen molar-refractivity contribution in [1.82, 2.24) is 19.6 Å². The molecule has 1 aromatic heterocycles. The molecule has 6 nitrogen and oxygen atoms in total. The van der Waals surface area contributed by atoms with Crippen LogP contribution in [0.2, 0.25) is 0 Å². The minimum atomic E-state index is 0.0370. The van der Waals surface area contributed by atoms with Gasteiger partial charge in [-0.15, -0.1) is 0 Å². The fraction of sp³-hybridized carbons (Fsp3) is 0.733. The van der Waals surface area contributed by atoms with Gasteiger partial charge in [-0.3, -0.25) is 14.4 Å². The number of rotatable bonds is 5. The number of piperazine rings is 1. The molecule has 0 N–H and O–H groups in total. The highest BCUT2D eigenvalue weighted by Gasteiger charge is 2.28. The normalized spacial score (nSPS) is 20.0. The maximum absolute atomic E-state index is 12.5. The summed E-state index contributed by atoms with van der Waals surface area (Å²) in [7, 11) is 1.86. The van der Waals surface area contributed by atoms with Crippen molar-refractivity contribution in [1.29, 1.82) is 0 Å². The molecule has 1 amide bonds. The van der Waals surface area contributed by atoms with Crippen LogP contribution in [0.25, 0.3) is 0 Å². The van der Waals surface area contributed by atoms with E-state index in [0.29, 0.717) is 11.7 Å². The molecular formula is C15H26N4O2. The van der Waals surface area contributed by atoms with Crippen LogP contribution in [0.1, 0.15) is 30.0 Å². The van der Waals surface area contributed by atoms with Gasteiger partial charge in [0.2, 0.25) is 0 Å². The van der Waals surface area contributed by atoms with Crippen LogP contribution in [0.3, 0.4) is 0 Å². The monoisotopic (exact) mass is 294 g/mol. The fourth-order valence-electron chi connectivity index (χ4n) is 2.67. The zero-order chi connectivity index (χ0) is 15.4. The lowest BCUT2D eigenvalue weighted by Gasteiger charge is -2.39. The van der Waals surface area contributed by atoms with Crippen molar-refractivity contribution in [2.24, 2.45) is 7.05 Å². The van der Waals surface area contributed by atoms with Crippen molar-refractivity contribution in [2.75, 3.05) is 39.4 Å². The van der Waals surface area contributed by atoms with Crippen LogP contribution in [0.4, 0.5) is 0 Å². The van der Waals surface area contributed by atoms with Crippen molar-refractivity contribution in [3.05, 3.63) is 17.5 Å². The largest absolute Gasteiger partial charge is 0.380 e. The predicted molar refractivity (Wildman–Crippen MR) is 81.4 cm³/mol. The Morgan fingerprint density at radius 2 is 2.24 bits per heavy atom. The third kappa shape index (κ3) is 3.83. The molecular weight excluding hydrogens is 268 g/mol. The summed E-state index contributed by atoms with van der Waals surface area (Å²) >= 11 is 0. The summed E-state index contributed by atoms with van der Waals surface area (Å²) in [5, 5.41) is 4.28. The Morgan fingerprint density at radius 3 is 2.81 bits per heavy atom. The first-order chi connectivity index (χ1) is 10.0. The lowest BCUT2D eigenvalue weighted by atomic mass is 10.2. The summed E-state index contributed by atoms with van der Waals surface area (Å²) in [6.07, 6.45) is 0. The van der Waals surface area contributed by atoms with E-state index in [1.54, 1.807) is 4.68 Å². The second-order valence-corrected chi connectivity index (χ2v) is 5.63. The van der Waals surface area contributed by atoms with Gasteiger partial charge < -0.3 is 9.64 Å². The molecule has 1 saturated heterocycles. The number of hydrogen-bond acceptors (Lipinski definition) is 4. The third-order valence-corrected chi connectivity index (χ3v) is 4.11. The van der Waals surface area contributed by atoms with Gasteiger partial charge in [0, 0.05) is 51.6 Å². The zero-order valence-electron chi connectivity index (χ0n) is 13.5. The van der Waals surface area contributed by atoms with Gasteiger partial charge in [-0.2, -0.15) is 5.10 Å². The summed E-state index contributed by atoms with van der Waals surface area (Å²) in [6.45, 7) is 11.0. The summed E-state index contributed by atoms with van der Waals surface area (Å²) in [5.41, 5.74) is 1.55. The van der Waals surface area contributed by atoms with E-state index in [2.05, 4.69) is 16.9 Å². The highest BCUT2D eigenvalue weighted by molar-refractivity contribution is 5.92. The van der Waals surface area contributed by atoms with E-state index >= 15 is 0 Å². The number of amides is 1. The molecule has 1 aliphatic rings. The summed E-state index contributed by atoms with van der Waals surface area (Å²) in [4.78, 5) is 16.8. The first-order valence-electron chi connectivity index (χ1n) is 7.64. The van der Waals surface area contributed by atoms with Crippen molar-refractivity contribution in [3.8, 4) is 0 Å². The molecule has 0 aliphatic carbocycles. The number of carbonyl (C=O) groups excluding carboxylic acids is 1. The molecule has 118 valence electrons. The molecule has 1 aliphatic heterocycles. The Labute approximate surface area is 126 Å². The van der Waals surface area contributed by atoms with Crippen LogP contribution in [-0.2, 0) is 11.8 Å². The Balaban J connectivity index is 1.91. The van der Waals surface area contributed by atoms with Crippen LogP contribution in [-0.4, -0.2) is 70.9 Å². The summed E-state index contributed by atoms with van der Waals surface area (Å²) in [6, 6.07) is 2.21. The number of aromatic nitrogens is 2. The Kier molecular flexibility index (Phi) is 5.36. The second kappa shape index (κ2) is 7.04. The van der Waals surface area contributed by atoms with Crippen LogP contribution in [0.5, 0.6) is 0 Å². The number of carbonyl (C=O) groups is 1. The first-order valence-corrected chi connectivity index (χ1v) is 7.64. The van der Waals surface area contributed by atoms with Crippen LogP contribution >= 0.6 is 0 Å². The van der Waals surface area contributed by atoms with Gasteiger partial charge in [0.05, 0.1) is 6.61 Å². The first kappa shape index (κ1) is 16.0. The van der Waals surface area contributed by atoms with E-state index in [1.807, 2.05) is 31.9 Å². The third-order valence-electron chi connectivity index (χ3n) is 4.11. The van der Waals surface area contributed by atoms with Crippen LogP contribution in [0.15, 0.2) is 6.07 Å². The molecule has 1 fully saturated rings. The Morgan fingerprint density at radius 1 is 1.48 bits per heavy atom. The highest BCUT2D eigenvalue weighted by atomic mass is 16.5. The van der Waals surface area contributed by atoms with Crippen molar-refractivity contribution < 1.29 is 9.53 Å². The molecule has 1 atom stereocenters. The van der Waals surface area contributed by atoms with Gasteiger partial charge in [0.15, 0.2) is 5.69 Å². The van der Waals surface area contributed by atoms with E-state index in [4.69, 9.17) is 4.74 Å². The molecule has 6 heteroatoms. The highest BCUT2D eigenvalue weighted by Crippen LogP contribution is 2.13. The van der Waals surface area contributed by atoms with Gasteiger partial charge in [0.1, 0.15) is 0 Å². The van der Waals surface area contributed by atoms with Crippen molar-refractivity contribution in [3.63, 3.8) is 0 Å². The Hall–Kier alpha value is -1.40. The van der Waals surface area contributed by atoms with Gasteiger partial charge in [-0.1, -0.05) is 0 Å². The minimum absolute atomic E-state index is 0.0370. The van der Waals surface area contributed by atoms with Crippen molar-refractivity contribution in [2.45, 2.75) is 26.8 Å². The zero-order valence-corrected chi connectivity index (χ0v) is 13.5. The lowest BCUT2D eigenvalue weighted by Crippen LogP contribution is -2.54. The van der Waals surface area contributed by atoms with E-state index < -0.39 is 0 Å². The molecule has 2 heterocycles. The van der Waals surface area contributed by atoms with Gasteiger partial charge in [-0.05, 0) is 26.8 Å². The molecule has 2 rings (SSSR count). The summed E-state index contributed by atoms with van der Waals surface area (Å²) < 4.78 is 7.15. The smallest absolute Gasteiger partial charge is 0.274 e. The molecule has 0 saturated carbocycles. The van der Waals surface area contributed by atoms with E-state index in [1.165, 1.54) is 0 Å². The van der Waals surface area contributed by atoms with E-state index in [0.717, 1.165) is 45.1 Å². The van der Waals surface area contributed by atoms with Gasteiger partial charge in [-0.25, -0.2) is 0 Å². The topological polar surface area (TPSA) is 50.6 Å². The molecule has 0 radical (unpaired) electrons. The van der Waals surface area contributed by atoms with Crippen LogP contribution in [0, 0.1) is 6.92 Å². The van der Waals surface area contributed by atoms with Gasteiger partial charge >= 0.3 is 0 Å². The number of aryl methyl sites for hydroxylation is 2. The molecule has 0 unspecified atom stereocenters. The number of hydrogen-bond donors (Lipinski definition) is 0. The predicted octanol–water partition coefficient (Wildman–Crippen LogP) is 0.911. The minimum Gasteiger partial charge on any atom is -0.380 e. The molecule has 0 bridgehead atoms. The summed E-state index contributed by atoms with van der Waals surface area (Å²) in [5.74, 6) is 0.0370. The number of ether oxygens (including phenoxy) is 1.